The van der Waals surface area contributed by atoms with Gasteiger partial charge in [-0.3, -0.25) is 14.9 Å². The number of amides is 4. The molecule has 0 atom stereocenters. The van der Waals surface area contributed by atoms with Crippen molar-refractivity contribution in [3.05, 3.63) is 105 Å². The molecule has 0 aliphatic carbocycles. The normalized spacial score (nSPS) is 15.3. The predicted octanol–water partition coefficient (Wildman–Crippen LogP) is 5.04. The van der Waals surface area contributed by atoms with Gasteiger partial charge in [-0.15, -0.1) is 0 Å². The molecule has 4 amide bonds. The van der Waals surface area contributed by atoms with Crippen LogP contribution >= 0.6 is 11.6 Å². The lowest BCUT2D eigenvalue weighted by Gasteiger charge is -2.26. The summed E-state index contributed by atoms with van der Waals surface area (Å²) in [5, 5.41) is 2.60. The third-order valence-corrected chi connectivity index (χ3v) is 5.56. The summed E-state index contributed by atoms with van der Waals surface area (Å²) in [4.78, 5) is 39.0. The van der Waals surface area contributed by atoms with E-state index in [9.17, 15) is 18.8 Å². The molecule has 0 radical (unpaired) electrons. The van der Waals surface area contributed by atoms with Gasteiger partial charge in [0.1, 0.15) is 11.4 Å². The number of nitrogens with one attached hydrogen (secondary N) is 1. The fourth-order valence-corrected chi connectivity index (χ4v) is 3.65. The van der Waals surface area contributed by atoms with E-state index in [1.807, 2.05) is 12.1 Å². The van der Waals surface area contributed by atoms with Crippen molar-refractivity contribution in [3.8, 4) is 0 Å². The molecule has 1 N–H and O–H groups in total. The van der Waals surface area contributed by atoms with E-state index in [0.717, 1.165) is 21.6 Å². The highest BCUT2D eigenvalue weighted by molar-refractivity contribution is 6.39. The summed E-state index contributed by atoms with van der Waals surface area (Å²) in [5.74, 6) is -1.87. The van der Waals surface area contributed by atoms with E-state index < -0.39 is 17.8 Å². The second-order valence-corrected chi connectivity index (χ2v) is 7.80. The SMILES string of the molecule is Cc1ccc(N2C(=O)NC(=O)/C(=C\c3ccccc3Cc3cccc(F)c3)C2=O)cc1Cl. The molecule has 0 spiro atoms. The Hall–Kier alpha value is -3.77. The Morgan fingerprint density at radius 3 is 2.53 bits per heavy atom. The summed E-state index contributed by atoms with van der Waals surface area (Å²) in [5.41, 5.74) is 3.03. The molecule has 0 unspecified atom stereocenters. The third-order valence-electron chi connectivity index (χ3n) is 5.15. The molecule has 0 aromatic heterocycles. The van der Waals surface area contributed by atoms with E-state index in [1.54, 1.807) is 43.3 Å². The Bertz CT molecular complexity index is 1290. The molecule has 0 saturated carbocycles. The summed E-state index contributed by atoms with van der Waals surface area (Å²) in [7, 11) is 0. The van der Waals surface area contributed by atoms with Crippen LogP contribution in [0.5, 0.6) is 0 Å². The number of nitrogens with zero attached hydrogens (tertiary/aromatic N) is 1. The molecule has 3 aromatic rings. The number of benzene rings is 3. The Morgan fingerprint density at radius 2 is 1.78 bits per heavy atom. The second kappa shape index (κ2) is 8.77. The van der Waals surface area contributed by atoms with Crippen molar-refractivity contribution in [1.29, 1.82) is 0 Å². The summed E-state index contributed by atoms with van der Waals surface area (Å²) in [6.45, 7) is 1.80. The third kappa shape index (κ3) is 4.31. The Labute approximate surface area is 189 Å². The minimum Gasteiger partial charge on any atom is -0.273 e. The minimum absolute atomic E-state index is 0.187. The van der Waals surface area contributed by atoms with Gasteiger partial charge in [0.25, 0.3) is 11.8 Å². The van der Waals surface area contributed by atoms with Crippen molar-refractivity contribution < 1.29 is 18.8 Å². The maximum atomic E-state index is 13.6. The molecule has 7 heteroatoms. The maximum Gasteiger partial charge on any atom is 0.335 e. The van der Waals surface area contributed by atoms with Crippen molar-refractivity contribution in [2.75, 3.05) is 4.90 Å². The van der Waals surface area contributed by atoms with Crippen molar-refractivity contribution >= 4 is 41.2 Å². The van der Waals surface area contributed by atoms with E-state index in [0.29, 0.717) is 17.0 Å². The van der Waals surface area contributed by atoms with Crippen molar-refractivity contribution in [2.24, 2.45) is 0 Å². The van der Waals surface area contributed by atoms with E-state index in [-0.39, 0.29) is 17.1 Å². The maximum absolute atomic E-state index is 13.6. The minimum atomic E-state index is -0.842. The number of imide groups is 2. The molecule has 160 valence electrons. The highest BCUT2D eigenvalue weighted by Gasteiger charge is 2.37. The van der Waals surface area contributed by atoms with Gasteiger partial charge in [-0.25, -0.2) is 14.1 Å². The summed E-state index contributed by atoms with van der Waals surface area (Å²) in [6.07, 6.45) is 1.85. The molecule has 4 rings (SSSR count). The number of rotatable bonds is 4. The Morgan fingerprint density at radius 1 is 1.00 bits per heavy atom. The standard InChI is InChI=1S/C25H18ClFN2O3/c1-15-9-10-20(14-22(15)26)29-24(31)21(23(30)28-25(29)32)13-18-7-3-2-6-17(18)11-16-5-4-8-19(27)12-16/h2-10,12-14H,11H2,1H3,(H,28,30,32)/b21-13+. The molecule has 1 saturated heterocycles. The highest BCUT2D eigenvalue weighted by atomic mass is 35.5. The van der Waals surface area contributed by atoms with Crippen LogP contribution in [0.2, 0.25) is 5.02 Å². The topological polar surface area (TPSA) is 66.5 Å². The van der Waals surface area contributed by atoms with Gasteiger partial charge in [0.2, 0.25) is 0 Å². The van der Waals surface area contributed by atoms with Crippen molar-refractivity contribution in [2.45, 2.75) is 13.3 Å². The summed E-state index contributed by atoms with van der Waals surface area (Å²) in [6, 6.07) is 17.3. The smallest absolute Gasteiger partial charge is 0.273 e. The molecule has 1 aliphatic rings. The summed E-state index contributed by atoms with van der Waals surface area (Å²) >= 11 is 6.15. The van der Waals surface area contributed by atoms with Crippen LogP contribution in [0.4, 0.5) is 14.9 Å². The molecule has 1 fully saturated rings. The van der Waals surface area contributed by atoms with E-state index in [2.05, 4.69) is 5.32 Å². The molecule has 5 nitrogen and oxygen atoms in total. The number of carbonyl (C=O) groups is 3. The lowest BCUT2D eigenvalue weighted by atomic mass is 9.97. The van der Waals surface area contributed by atoms with E-state index in [4.69, 9.17) is 11.6 Å². The zero-order valence-corrected chi connectivity index (χ0v) is 17.8. The number of hydrogen-bond donors (Lipinski definition) is 1. The molecule has 32 heavy (non-hydrogen) atoms. The highest BCUT2D eigenvalue weighted by Crippen LogP contribution is 2.27. The van der Waals surface area contributed by atoms with Crippen LogP contribution in [0, 0.1) is 12.7 Å². The fourth-order valence-electron chi connectivity index (χ4n) is 3.47. The van der Waals surface area contributed by atoms with Gasteiger partial charge >= 0.3 is 6.03 Å². The first-order valence-corrected chi connectivity index (χ1v) is 10.2. The fraction of sp³-hybridized carbons (Fsp3) is 0.0800. The number of urea groups is 1. The van der Waals surface area contributed by atoms with Gasteiger partial charge in [0, 0.05) is 5.02 Å². The number of carbonyl (C=O) groups excluding carboxylic acids is 3. The van der Waals surface area contributed by atoms with E-state index in [1.165, 1.54) is 24.3 Å². The number of hydrogen-bond acceptors (Lipinski definition) is 3. The number of halogens is 2. The van der Waals surface area contributed by atoms with E-state index >= 15 is 0 Å². The van der Waals surface area contributed by atoms with Gasteiger partial charge in [-0.2, -0.15) is 0 Å². The average Bonchev–Trinajstić information content (AvgIpc) is 2.74. The Balaban J connectivity index is 1.72. The lowest BCUT2D eigenvalue weighted by molar-refractivity contribution is -0.122. The van der Waals surface area contributed by atoms with Crippen LogP contribution in [0.25, 0.3) is 6.08 Å². The van der Waals surface area contributed by atoms with Gasteiger partial charge < -0.3 is 0 Å². The van der Waals surface area contributed by atoms with Gasteiger partial charge in [-0.1, -0.05) is 54.1 Å². The monoisotopic (exact) mass is 448 g/mol. The Kier molecular flexibility index (Phi) is 5.88. The largest absolute Gasteiger partial charge is 0.335 e. The molecule has 0 bridgehead atoms. The molecular formula is C25H18ClFN2O3. The zero-order valence-electron chi connectivity index (χ0n) is 17.1. The molecule has 3 aromatic carbocycles. The lowest BCUT2D eigenvalue weighted by Crippen LogP contribution is -2.54. The number of anilines is 1. The van der Waals surface area contributed by atoms with Crippen LogP contribution in [0.1, 0.15) is 22.3 Å². The molecule has 1 heterocycles. The van der Waals surface area contributed by atoms with Crippen LogP contribution in [-0.2, 0) is 16.0 Å². The predicted molar refractivity (Wildman–Crippen MR) is 121 cm³/mol. The van der Waals surface area contributed by atoms with Crippen molar-refractivity contribution in [3.63, 3.8) is 0 Å². The number of barbiturate groups is 1. The van der Waals surface area contributed by atoms with Gasteiger partial charge in [0.15, 0.2) is 0 Å². The number of aryl methyl sites for hydroxylation is 1. The van der Waals surface area contributed by atoms with Gasteiger partial charge in [-0.05, 0) is 65.9 Å². The quantitative estimate of drug-likeness (QED) is 0.449. The average molecular weight is 449 g/mol. The first-order chi connectivity index (χ1) is 15.3. The van der Waals surface area contributed by atoms with Crippen LogP contribution in [0.3, 0.4) is 0 Å². The summed E-state index contributed by atoms with van der Waals surface area (Å²) < 4.78 is 13.6. The van der Waals surface area contributed by atoms with Crippen LogP contribution < -0.4 is 10.2 Å². The first-order valence-electron chi connectivity index (χ1n) is 9.83. The van der Waals surface area contributed by atoms with Crippen LogP contribution in [0.15, 0.2) is 72.3 Å². The van der Waals surface area contributed by atoms with Gasteiger partial charge in [0.05, 0.1) is 5.69 Å². The van der Waals surface area contributed by atoms with Crippen LogP contribution in [-0.4, -0.2) is 17.8 Å². The first kappa shape index (κ1) is 21.5. The second-order valence-electron chi connectivity index (χ2n) is 7.40. The van der Waals surface area contributed by atoms with Crippen molar-refractivity contribution in [1.82, 2.24) is 5.32 Å². The zero-order chi connectivity index (χ0) is 22.8. The molecule has 1 aliphatic heterocycles. The molecular weight excluding hydrogens is 431 g/mol.